The van der Waals surface area contributed by atoms with Crippen LogP contribution < -0.4 is 11.1 Å². The summed E-state index contributed by atoms with van der Waals surface area (Å²) in [6.45, 7) is 1.59. The molecule has 0 aromatic heterocycles. The lowest BCUT2D eigenvalue weighted by atomic mass is 9.87. The van der Waals surface area contributed by atoms with Gasteiger partial charge in [-0.05, 0) is 18.8 Å². The number of hydrogen-bond acceptors (Lipinski definition) is 4. The van der Waals surface area contributed by atoms with Crippen molar-refractivity contribution < 1.29 is 14.4 Å². The van der Waals surface area contributed by atoms with Gasteiger partial charge in [0.25, 0.3) is 0 Å². The van der Waals surface area contributed by atoms with Crippen LogP contribution in [-0.2, 0) is 14.4 Å². The molecule has 0 radical (unpaired) electrons. The molecule has 5 heteroatoms. The van der Waals surface area contributed by atoms with Crippen molar-refractivity contribution in [3.8, 4) is 0 Å². The van der Waals surface area contributed by atoms with Crippen LogP contribution in [0.25, 0.3) is 0 Å². The number of amides is 2. The molecule has 1 saturated heterocycles. The molecule has 1 unspecified atom stereocenters. The van der Waals surface area contributed by atoms with Crippen molar-refractivity contribution in [3.63, 3.8) is 0 Å². The van der Waals surface area contributed by atoms with Crippen molar-refractivity contribution >= 4 is 17.6 Å². The third kappa shape index (κ3) is 1.67. The molecule has 3 atom stereocenters. The molecule has 0 spiro atoms. The van der Waals surface area contributed by atoms with Gasteiger partial charge in [-0.15, -0.1) is 0 Å². The highest BCUT2D eigenvalue weighted by Gasteiger charge is 2.47. The summed E-state index contributed by atoms with van der Waals surface area (Å²) in [7, 11) is 0. The maximum Gasteiger partial charge on any atom is 0.238 e. The topological polar surface area (TPSA) is 89.3 Å². The van der Waals surface area contributed by atoms with E-state index in [1.165, 1.54) is 0 Å². The van der Waals surface area contributed by atoms with Crippen molar-refractivity contribution in [1.82, 2.24) is 5.32 Å². The van der Waals surface area contributed by atoms with Crippen LogP contribution in [0.15, 0.2) is 0 Å². The summed E-state index contributed by atoms with van der Waals surface area (Å²) in [5, 5.41) is 2.16. The lowest BCUT2D eigenvalue weighted by Crippen LogP contribution is -2.41. The molecule has 3 N–H and O–H groups in total. The molecule has 15 heavy (non-hydrogen) atoms. The third-order valence-corrected chi connectivity index (χ3v) is 3.21. The van der Waals surface area contributed by atoms with Gasteiger partial charge in [0.1, 0.15) is 5.92 Å². The quantitative estimate of drug-likeness (QED) is 0.471. The highest BCUT2D eigenvalue weighted by molar-refractivity contribution is 6.16. The normalized spacial score (nSPS) is 32.7. The van der Waals surface area contributed by atoms with Crippen LogP contribution in [-0.4, -0.2) is 23.6 Å². The van der Waals surface area contributed by atoms with Crippen LogP contribution in [0.2, 0.25) is 0 Å². The summed E-state index contributed by atoms with van der Waals surface area (Å²) >= 11 is 0. The van der Waals surface area contributed by atoms with E-state index >= 15 is 0 Å². The maximum atomic E-state index is 11.9. The second kappa shape index (κ2) is 3.41. The second-order valence-electron chi connectivity index (χ2n) is 4.39. The Hall–Kier alpha value is -1.23. The van der Waals surface area contributed by atoms with Gasteiger partial charge in [-0.1, -0.05) is 6.92 Å². The highest BCUT2D eigenvalue weighted by Crippen LogP contribution is 2.34. The molecule has 82 valence electrons. The number of hydrogen-bond donors (Lipinski definition) is 2. The van der Waals surface area contributed by atoms with E-state index < -0.39 is 23.8 Å². The summed E-state index contributed by atoms with van der Waals surface area (Å²) in [4.78, 5) is 34.4. The predicted octanol–water partition coefficient (Wildman–Crippen LogP) is -0.798. The predicted molar refractivity (Wildman–Crippen MR) is 51.5 cm³/mol. The van der Waals surface area contributed by atoms with Gasteiger partial charge in [0.05, 0.1) is 12.0 Å². The zero-order valence-electron chi connectivity index (χ0n) is 8.53. The fourth-order valence-electron chi connectivity index (χ4n) is 1.96. The van der Waals surface area contributed by atoms with Crippen LogP contribution in [0.3, 0.4) is 0 Å². The van der Waals surface area contributed by atoms with Gasteiger partial charge in [0.2, 0.25) is 11.8 Å². The van der Waals surface area contributed by atoms with Crippen LogP contribution in [0, 0.1) is 17.8 Å². The summed E-state index contributed by atoms with van der Waals surface area (Å²) in [6.07, 6.45) is 1.90. The fourth-order valence-corrected chi connectivity index (χ4v) is 1.96. The van der Waals surface area contributed by atoms with E-state index in [1.807, 2.05) is 0 Å². The number of carbonyl (C=O) groups excluding carboxylic acids is 3. The molecule has 2 rings (SSSR count). The fraction of sp³-hybridized carbons (Fsp3) is 0.700. The first-order chi connectivity index (χ1) is 7.02. The molecule has 0 aromatic rings. The molecule has 1 aliphatic heterocycles. The molecule has 0 bridgehead atoms. The Balaban J connectivity index is 2.12. The number of Topliss-reactive ketones (excluding diaryl/α,β-unsaturated/α-hetero) is 1. The average molecular weight is 210 g/mol. The van der Waals surface area contributed by atoms with Crippen LogP contribution >= 0.6 is 0 Å². The minimum Gasteiger partial charge on any atom is -0.321 e. The van der Waals surface area contributed by atoms with Crippen molar-refractivity contribution in [2.45, 2.75) is 25.8 Å². The van der Waals surface area contributed by atoms with Gasteiger partial charge in [-0.2, -0.15) is 0 Å². The summed E-state index contributed by atoms with van der Waals surface area (Å²) in [5.74, 6) is -2.38. The first-order valence-electron chi connectivity index (χ1n) is 5.16. The molecule has 2 aliphatic rings. The van der Waals surface area contributed by atoms with Crippen molar-refractivity contribution in [1.29, 1.82) is 0 Å². The van der Waals surface area contributed by atoms with Crippen LogP contribution in [0.5, 0.6) is 0 Å². The number of carbonyl (C=O) groups is 3. The van der Waals surface area contributed by atoms with Gasteiger partial charge >= 0.3 is 0 Å². The third-order valence-electron chi connectivity index (χ3n) is 3.21. The van der Waals surface area contributed by atoms with Crippen molar-refractivity contribution in [3.05, 3.63) is 0 Å². The van der Waals surface area contributed by atoms with E-state index in [2.05, 4.69) is 5.32 Å². The molecular weight excluding hydrogens is 196 g/mol. The van der Waals surface area contributed by atoms with Gasteiger partial charge in [-0.3, -0.25) is 19.7 Å². The summed E-state index contributed by atoms with van der Waals surface area (Å²) < 4.78 is 0. The molecular formula is C10H14N2O3. The van der Waals surface area contributed by atoms with Crippen LogP contribution in [0.1, 0.15) is 19.8 Å². The Morgan fingerprint density at radius 2 is 2.00 bits per heavy atom. The number of nitrogens with one attached hydrogen (secondary N) is 1. The Labute approximate surface area is 87.4 Å². The zero-order valence-corrected chi connectivity index (χ0v) is 8.53. The van der Waals surface area contributed by atoms with Gasteiger partial charge < -0.3 is 5.73 Å². The van der Waals surface area contributed by atoms with Gasteiger partial charge in [0.15, 0.2) is 5.78 Å². The number of nitrogens with two attached hydrogens (primary N) is 1. The number of rotatable bonds is 3. The first kappa shape index (κ1) is 10.3. The first-order valence-corrected chi connectivity index (χ1v) is 5.16. The molecule has 0 aromatic carbocycles. The minimum atomic E-state index is -0.868. The summed E-state index contributed by atoms with van der Waals surface area (Å²) in [5.41, 5.74) is 5.73. The SMILES string of the molecule is C[C@@H]1C(=O)NC(=O)[C@H]1C(=O)C(N)C1CC1. The molecule has 2 fully saturated rings. The molecule has 5 nitrogen and oxygen atoms in total. The monoisotopic (exact) mass is 210 g/mol. The molecule has 1 heterocycles. The van der Waals surface area contributed by atoms with E-state index in [-0.39, 0.29) is 17.6 Å². The Morgan fingerprint density at radius 3 is 2.40 bits per heavy atom. The van der Waals surface area contributed by atoms with Gasteiger partial charge in [-0.25, -0.2) is 0 Å². The van der Waals surface area contributed by atoms with E-state index in [9.17, 15) is 14.4 Å². The smallest absolute Gasteiger partial charge is 0.238 e. The van der Waals surface area contributed by atoms with E-state index in [0.29, 0.717) is 0 Å². The molecule has 1 saturated carbocycles. The number of ketones is 1. The zero-order chi connectivity index (χ0) is 11.2. The van der Waals surface area contributed by atoms with Crippen molar-refractivity contribution in [2.75, 3.05) is 0 Å². The highest BCUT2D eigenvalue weighted by atomic mass is 16.2. The second-order valence-corrected chi connectivity index (χ2v) is 4.39. The molecule has 1 aliphatic carbocycles. The minimum absolute atomic E-state index is 0.216. The summed E-state index contributed by atoms with van der Waals surface area (Å²) in [6, 6.07) is -0.575. The Bertz CT molecular complexity index is 336. The van der Waals surface area contributed by atoms with E-state index in [4.69, 9.17) is 5.73 Å². The lowest BCUT2D eigenvalue weighted by molar-refractivity contribution is -0.134. The largest absolute Gasteiger partial charge is 0.321 e. The average Bonchev–Trinajstić information content (AvgIpc) is 2.96. The maximum absolute atomic E-state index is 11.9. The van der Waals surface area contributed by atoms with Crippen molar-refractivity contribution in [2.24, 2.45) is 23.5 Å². The van der Waals surface area contributed by atoms with Gasteiger partial charge in [0, 0.05) is 0 Å². The van der Waals surface area contributed by atoms with Crippen LogP contribution in [0.4, 0.5) is 0 Å². The van der Waals surface area contributed by atoms with E-state index in [0.717, 1.165) is 12.8 Å². The Kier molecular flexibility index (Phi) is 2.34. The standard InChI is InChI=1S/C10H14N2O3/c1-4-6(10(15)12-9(4)14)8(13)7(11)5-2-3-5/h4-7H,2-3,11H2,1H3,(H,12,14,15)/t4-,6+,7?/m0/s1. The molecule has 2 amide bonds. The number of imide groups is 1. The lowest BCUT2D eigenvalue weighted by Gasteiger charge is -2.15. The van der Waals surface area contributed by atoms with E-state index in [1.54, 1.807) is 6.92 Å². The Morgan fingerprint density at radius 1 is 1.40 bits per heavy atom.